The van der Waals surface area contributed by atoms with Crippen LogP contribution in [0.3, 0.4) is 0 Å². The number of ether oxygens (including phenoxy) is 1. The van der Waals surface area contributed by atoms with Crippen LogP contribution < -0.4 is 0 Å². The molecule has 1 aromatic heterocycles. The van der Waals surface area contributed by atoms with Gasteiger partial charge in [-0.15, -0.1) is 0 Å². The predicted molar refractivity (Wildman–Crippen MR) is 67.2 cm³/mol. The molecule has 1 aromatic rings. The van der Waals surface area contributed by atoms with Crippen molar-refractivity contribution in [2.45, 2.75) is 63.9 Å². The average Bonchev–Trinajstić information content (AvgIpc) is 2.95. The number of H-pyrrole nitrogens is 1. The van der Waals surface area contributed by atoms with Crippen LogP contribution >= 0.6 is 0 Å². The van der Waals surface area contributed by atoms with Gasteiger partial charge < -0.3 is 9.72 Å². The SMILES string of the molecule is CC1CCCc2[nH]c(CCC3CCCO3)nc21. The second-order valence-electron chi connectivity index (χ2n) is 5.51. The van der Waals surface area contributed by atoms with E-state index in [4.69, 9.17) is 9.72 Å². The fourth-order valence-electron chi connectivity index (χ4n) is 3.09. The van der Waals surface area contributed by atoms with E-state index in [1.165, 1.54) is 49.3 Å². The zero-order valence-electron chi connectivity index (χ0n) is 10.7. The molecule has 0 bridgehead atoms. The van der Waals surface area contributed by atoms with Crippen molar-refractivity contribution >= 4 is 0 Å². The lowest BCUT2D eigenvalue weighted by molar-refractivity contribution is 0.104. The van der Waals surface area contributed by atoms with Gasteiger partial charge in [-0.2, -0.15) is 0 Å². The minimum absolute atomic E-state index is 0.481. The largest absolute Gasteiger partial charge is 0.378 e. The summed E-state index contributed by atoms with van der Waals surface area (Å²) in [5.74, 6) is 1.82. The molecular weight excluding hydrogens is 212 g/mol. The van der Waals surface area contributed by atoms with E-state index in [2.05, 4.69) is 11.9 Å². The van der Waals surface area contributed by atoms with Gasteiger partial charge in [0.1, 0.15) is 5.82 Å². The number of rotatable bonds is 3. The number of nitrogens with zero attached hydrogens (tertiary/aromatic N) is 1. The Hall–Kier alpha value is -0.830. The van der Waals surface area contributed by atoms with Crippen molar-refractivity contribution in [1.29, 1.82) is 0 Å². The second-order valence-corrected chi connectivity index (χ2v) is 5.51. The maximum atomic E-state index is 5.66. The van der Waals surface area contributed by atoms with E-state index in [1.54, 1.807) is 0 Å². The van der Waals surface area contributed by atoms with Gasteiger partial charge in [0.2, 0.25) is 0 Å². The minimum atomic E-state index is 0.481. The Balaban J connectivity index is 1.63. The number of hydrogen-bond acceptors (Lipinski definition) is 2. The minimum Gasteiger partial charge on any atom is -0.378 e. The molecule has 3 rings (SSSR count). The van der Waals surface area contributed by atoms with Crippen molar-refractivity contribution < 1.29 is 4.74 Å². The standard InChI is InChI=1S/C14H22N2O/c1-10-4-2-6-12-14(10)16-13(15-12)8-7-11-5-3-9-17-11/h10-11H,2-9H2,1H3,(H,15,16). The molecule has 0 amide bonds. The molecule has 0 saturated carbocycles. The Bertz CT molecular complexity index is 380. The molecule has 0 aromatic carbocycles. The van der Waals surface area contributed by atoms with Crippen molar-refractivity contribution in [1.82, 2.24) is 9.97 Å². The average molecular weight is 234 g/mol. The van der Waals surface area contributed by atoms with Crippen LogP contribution in [0.4, 0.5) is 0 Å². The quantitative estimate of drug-likeness (QED) is 0.873. The Morgan fingerprint density at radius 3 is 3.06 bits per heavy atom. The lowest BCUT2D eigenvalue weighted by atomic mass is 9.92. The van der Waals surface area contributed by atoms with Crippen LogP contribution in [0.5, 0.6) is 0 Å². The number of aromatic nitrogens is 2. The molecule has 2 atom stereocenters. The van der Waals surface area contributed by atoms with Gasteiger partial charge in [0.25, 0.3) is 0 Å². The molecule has 0 radical (unpaired) electrons. The molecule has 94 valence electrons. The Morgan fingerprint density at radius 2 is 2.29 bits per heavy atom. The molecule has 1 aliphatic carbocycles. The van der Waals surface area contributed by atoms with Gasteiger partial charge in [-0.05, 0) is 38.5 Å². The molecule has 1 fully saturated rings. The normalized spacial score (nSPS) is 28.3. The Kier molecular flexibility index (Phi) is 3.19. The van der Waals surface area contributed by atoms with Crippen molar-refractivity contribution in [3.05, 3.63) is 17.2 Å². The summed E-state index contributed by atoms with van der Waals surface area (Å²) in [6.07, 6.45) is 8.91. The highest BCUT2D eigenvalue weighted by molar-refractivity contribution is 5.21. The molecule has 17 heavy (non-hydrogen) atoms. The Labute approximate surface area is 103 Å². The van der Waals surface area contributed by atoms with Crippen LogP contribution in [0.2, 0.25) is 0 Å². The van der Waals surface area contributed by atoms with E-state index >= 15 is 0 Å². The maximum Gasteiger partial charge on any atom is 0.106 e. The molecule has 3 heteroatoms. The first-order valence-electron chi connectivity index (χ1n) is 7.02. The third kappa shape index (κ3) is 2.39. The van der Waals surface area contributed by atoms with Gasteiger partial charge in [0.15, 0.2) is 0 Å². The van der Waals surface area contributed by atoms with E-state index in [0.717, 1.165) is 19.4 Å². The van der Waals surface area contributed by atoms with Crippen molar-refractivity contribution in [3.63, 3.8) is 0 Å². The van der Waals surface area contributed by atoms with Gasteiger partial charge in [0.05, 0.1) is 11.8 Å². The summed E-state index contributed by atoms with van der Waals surface area (Å²) < 4.78 is 5.66. The highest BCUT2D eigenvalue weighted by atomic mass is 16.5. The lowest BCUT2D eigenvalue weighted by Crippen LogP contribution is -2.06. The van der Waals surface area contributed by atoms with E-state index in [-0.39, 0.29) is 0 Å². The summed E-state index contributed by atoms with van der Waals surface area (Å²) in [7, 11) is 0. The molecule has 1 saturated heterocycles. The van der Waals surface area contributed by atoms with E-state index in [0.29, 0.717) is 12.0 Å². The molecule has 2 aliphatic rings. The van der Waals surface area contributed by atoms with Crippen LogP contribution in [-0.2, 0) is 17.6 Å². The van der Waals surface area contributed by atoms with Crippen molar-refractivity contribution in [2.24, 2.45) is 0 Å². The maximum absolute atomic E-state index is 5.66. The summed E-state index contributed by atoms with van der Waals surface area (Å²) in [5, 5.41) is 0. The predicted octanol–water partition coefficient (Wildman–Crippen LogP) is 2.96. The fraction of sp³-hybridized carbons (Fsp3) is 0.786. The number of imidazole rings is 1. The van der Waals surface area contributed by atoms with Gasteiger partial charge in [-0.25, -0.2) is 4.98 Å². The number of aromatic amines is 1. The highest BCUT2D eigenvalue weighted by Crippen LogP contribution is 2.29. The number of nitrogens with one attached hydrogen (secondary N) is 1. The highest BCUT2D eigenvalue weighted by Gasteiger charge is 2.21. The third-order valence-electron chi connectivity index (χ3n) is 4.12. The molecule has 1 aliphatic heterocycles. The van der Waals surface area contributed by atoms with Crippen LogP contribution in [0.1, 0.15) is 62.2 Å². The second kappa shape index (κ2) is 4.81. The first-order valence-corrected chi connectivity index (χ1v) is 7.02. The van der Waals surface area contributed by atoms with Gasteiger partial charge in [-0.3, -0.25) is 0 Å². The Morgan fingerprint density at radius 1 is 1.35 bits per heavy atom. The summed E-state index contributed by atoms with van der Waals surface area (Å²) in [5.41, 5.74) is 2.73. The number of aryl methyl sites for hydroxylation is 2. The molecule has 0 spiro atoms. The van der Waals surface area contributed by atoms with Crippen molar-refractivity contribution in [3.8, 4) is 0 Å². The molecular formula is C14H22N2O. The summed E-state index contributed by atoms with van der Waals surface area (Å²) in [6.45, 7) is 3.25. The summed E-state index contributed by atoms with van der Waals surface area (Å²) in [4.78, 5) is 8.30. The smallest absolute Gasteiger partial charge is 0.106 e. The monoisotopic (exact) mass is 234 g/mol. The summed E-state index contributed by atoms with van der Waals surface area (Å²) >= 11 is 0. The number of hydrogen-bond donors (Lipinski definition) is 1. The third-order valence-corrected chi connectivity index (χ3v) is 4.12. The van der Waals surface area contributed by atoms with Gasteiger partial charge in [0, 0.05) is 24.6 Å². The first kappa shape index (κ1) is 11.3. The van der Waals surface area contributed by atoms with Crippen molar-refractivity contribution in [2.75, 3.05) is 6.61 Å². The zero-order chi connectivity index (χ0) is 11.7. The molecule has 2 heterocycles. The van der Waals surface area contributed by atoms with Crippen LogP contribution in [0, 0.1) is 0 Å². The molecule has 2 unspecified atom stereocenters. The van der Waals surface area contributed by atoms with Gasteiger partial charge in [-0.1, -0.05) is 6.92 Å². The van der Waals surface area contributed by atoms with Crippen LogP contribution in [0.15, 0.2) is 0 Å². The molecule has 1 N–H and O–H groups in total. The molecule has 3 nitrogen and oxygen atoms in total. The van der Waals surface area contributed by atoms with E-state index in [9.17, 15) is 0 Å². The number of fused-ring (bicyclic) bond motifs is 1. The van der Waals surface area contributed by atoms with E-state index < -0.39 is 0 Å². The lowest BCUT2D eigenvalue weighted by Gasteiger charge is -2.15. The summed E-state index contributed by atoms with van der Waals surface area (Å²) in [6, 6.07) is 0. The topological polar surface area (TPSA) is 37.9 Å². The van der Waals surface area contributed by atoms with Gasteiger partial charge >= 0.3 is 0 Å². The van der Waals surface area contributed by atoms with Crippen LogP contribution in [0.25, 0.3) is 0 Å². The zero-order valence-corrected chi connectivity index (χ0v) is 10.7. The first-order chi connectivity index (χ1) is 8.33. The fourth-order valence-corrected chi connectivity index (χ4v) is 3.09. The van der Waals surface area contributed by atoms with E-state index in [1.807, 2.05) is 0 Å². The van der Waals surface area contributed by atoms with Crippen LogP contribution in [-0.4, -0.2) is 22.7 Å².